The highest BCUT2D eigenvalue weighted by Gasteiger charge is 2.17. The van der Waals surface area contributed by atoms with Gasteiger partial charge in [0.25, 0.3) is 0 Å². The average Bonchev–Trinajstić information content (AvgIpc) is 2.59. The van der Waals surface area contributed by atoms with Crippen molar-refractivity contribution in [1.82, 2.24) is 9.71 Å². The summed E-state index contributed by atoms with van der Waals surface area (Å²) in [6.07, 6.45) is 0. The van der Waals surface area contributed by atoms with Crippen molar-refractivity contribution in [3.8, 4) is 11.8 Å². The molecule has 0 aliphatic heterocycles. The lowest BCUT2D eigenvalue weighted by Crippen LogP contribution is -2.24. The first-order chi connectivity index (χ1) is 12.0. The van der Waals surface area contributed by atoms with Gasteiger partial charge in [-0.05, 0) is 31.2 Å². The standard InChI is InChI=1S/C19H15ClN2O2S/c1-14-11-12-16-7-4-10-18(19(16)22-14)25(23,24)21-13-5-8-15-6-2-3-9-17(15)20/h2-4,6-7,9-12,21H,13H2,1H3. The Hall–Kier alpha value is -2.39. The van der Waals surface area contributed by atoms with Crippen LogP contribution in [0.5, 0.6) is 0 Å². The molecule has 0 amide bonds. The van der Waals surface area contributed by atoms with Crippen molar-refractivity contribution in [3.63, 3.8) is 0 Å². The van der Waals surface area contributed by atoms with Gasteiger partial charge in [-0.15, -0.1) is 0 Å². The number of rotatable bonds is 3. The second-order valence-corrected chi connectivity index (χ2v) is 7.53. The summed E-state index contributed by atoms with van der Waals surface area (Å²) in [6.45, 7) is 1.81. The summed E-state index contributed by atoms with van der Waals surface area (Å²) in [5, 5.41) is 1.31. The normalized spacial score (nSPS) is 11.1. The van der Waals surface area contributed by atoms with Gasteiger partial charge < -0.3 is 0 Å². The molecule has 0 spiro atoms. The molecule has 0 aliphatic rings. The van der Waals surface area contributed by atoms with E-state index in [9.17, 15) is 8.42 Å². The van der Waals surface area contributed by atoms with Crippen LogP contribution in [0.4, 0.5) is 0 Å². The average molecular weight is 371 g/mol. The SMILES string of the molecule is Cc1ccc2cccc(S(=O)(=O)NCC#Cc3ccccc3Cl)c2n1. The number of halogens is 1. The second-order valence-electron chi connectivity index (χ2n) is 5.39. The molecule has 1 aromatic heterocycles. The maximum Gasteiger partial charge on any atom is 0.243 e. The lowest BCUT2D eigenvalue weighted by molar-refractivity contribution is 0.587. The highest BCUT2D eigenvalue weighted by Crippen LogP contribution is 2.21. The van der Waals surface area contributed by atoms with E-state index in [-0.39, 0.29) is 11.4 Å². The van der Waals surface area contributed by atoms with Crippen LogP contribution in [0.25, 0.3) is 10.9 Å². The Morgan fingerprint density at radius 1 is 1.08 bits per heavy atom. The van der Waals surface area contributed by atoms with E-state index in [1.165, 1.54) is 0 Å². The molecule has 3 aromatic rings. The van der Waals surface area contributed by atoms with Crippen LogP contribution in [-0.4, -0.2) is 19.9 Å². The summed E-state index contributed by atoms with van der Waals surface area (Å²) in [7, 11) is -3.72. The summed E-state index contributed by atoms with van der Waals surface area (Å²) < 4.78 is 27.7. The highest BCUT2D eigenvalue weighted by molar-refractivity contribution is 7.89. The maximum absolute atomic E-state index is 12.6. The van der Waals surface area contributed by atoms with Gasteiger partial charge in [0.15, 0.2) is 0 Å². The Bertz CT molecular complexity index is 1100. The zero-order valence-electron chi connectivity index (χ0n) is 13.5. The Morgan fingerprint density at radius 2 is 1.88 bits per heavy atom. The highest BCUT2D eigenvalue weighted by atomic mass is 35.5. The number of aryl methyl sites for hydroxylation is 1. The Morgan fingerprint density at radius 3 is 2.68 bits per heavy atom. The summed E-state index contributed by atoms with van der Waals surface area (Å²) >= 11 is 6.02. The first-order valence-corrected chi connectivity index (χ1v) is 9.43. The number of hydrogen-bond donors (Lipinski definition) is 1. The van der Waals surface area contributed by atoms with Crippen molar-refractivity contribution < 1.29 is 8.42 Å². The van der Waals surface area contributed by atoms with Crippen molar-refractivity contribution in [2.45, 2.75) is 11.8 Å². The minimum atomic E-state index is -3.72. The summed E-state index contributed by atoms with van der Waals surface area (Å²) in [5.41, 5.74) is 1.87. The minimum absolute atomic E-state index is 0.0181. The van der Waals surface area contributed by atoms with Gasteiger partial charge in [-0.3, -0.25) is 4.98 Å². The first kappa shape index (κ1) is 17.4. The van der Waals surface area contributed by atoms with E-state index in [2.05, 4.69) is 21.5 Å². The van der Waals surface area contributed by atoms with Crippen LogP contribution in [0.1, 0.15) is 11.3 Å². The van der Waals surface area contributed by atoms with Crippen LogP contribution in [0, 0.1) is 18.8 Å². The number of sulfonamides is 1. The van der Waals surface area contributed by atoms with Crippen molar-refractivity contribution in [2.24, 2.45) is 0 Å². The van der Waals surface area contributed by atoms with Crippen molar-refractivity contribution in [3.05, 3.63) is 70.9 Å². The lowest BCUT2D eigenvalue weighted by atomic mass is 10.2. The minimum Gasteiger partial charge on any atom is -0.252 e. The largest absolute Gasteiger partial charge is 0.252 e. The fraction of sp³-hybridized carbons (Fsp3) is 0.105. The molecule has 0 fully saturated rings. The zero-order chi connectivity index (χ0) is 17.9. The van der Waals surface area contributed by atoms with E-state index >= 15 is 0 Å². The smallest absolute Gasteiger partial charge is 0.243 e. The van der Waals surface area contributed by atoms with Gasteiger partial charge >= 0.3 is 0 Å². The molecule has 0 saturated carbocycles. The number of para-hydroxylation sites is 1. The maximum atomic E-state index is 12.6. The molecule has 0 radical (unpaired) electrons. The Balaban J connectivity index is 1.84. The molecule has 3 rings (SSSR count). The molecule has 6 heteroatoms. The summed E-state index contributed by atoms with van der Waals surface area (Å²) in [6, 6.07) is 15.9. The zero-order valence-corrected chi connectivity index (χ0v) is 15.0. The van der Waals surface area contributed by atoms with Crippen LogP contribution in [0.3, 0.4) is 0 Å². The van der Waals surface area contributed by atoms with E-state index in [4.69, 9.17) is 11.6 Å². The van der Waals surface area contributed by atoms with E-state index in [1.54, 1.807) is 24.3 Å². The van der Waals surface area contributed by atoms with Gasteiger partial charge in [-0.1, -0.05) is 53.8 Å². The van der Waals surface area contributed by atoms with Crippen molar-refractivity contribution >= 4 is 32.5 Å². The molecular formula is C19H15ClN2O2S. The Kier molecular flexibility index (Phi) is 5.05. The number of pyridine rings is 1. The van der Waals surface area contributed by atoms with E-state index in [0.29, 0.717) is 16.1 Å². The molecule has 0 atom stereocenters. The molecule has 0 saturated heterocycles. The third-order valence-corrected chi connectivity index (χ3v) is 5.32. The number of nitrogens with zero attached hydrogens (tertiary/aromatic N) is 1. The molecule has 0 unspecified atom stereocenters. The van der Waals surface area contributed by atoms with E-state index in [0.717, 1.165) is 11.1 Å². The third kappa shape index (κ3) is 3.99. The van der Waals surface area contributed by atoms with Crippen LogP contribution in [-0.2, 0) is 10.0 Å². The second kappa shape index (κ2) is 7.24. The van der Waals surface area contributed by atoms with Crippen LogP contribution in [0.2, 0.25) is 5.02 Å². The molecule has 1 heterocycles. The molecule has 0 bridgehead atoms. The fourth-order valence-electron chi connectivity index (χ4n) is 2.35. The third-order valence-electron chi connectivity index (χ3n) is 3.56. The van der Waals surface area contributed by atoms with Gasteiger partial charge in [-0.25, -0.2) is 8.42 Å². The van der Waals surface area contributed by atoms with Crippen LogP contribution in [0.15, 0.2) is 59.5 Å². The molecule has 1 N–H and O–H groups in total. The molecular weight excluding hydrogens is 356 g/mol. The molecule has 2 aromatic carbocycles. The number of benzene rings is 2. The van der Waals surface area contributed by atoms with Gasteiger partial charge in [-0.2, -0.15) is 4.72 Å². The number of aromatic nitrogens is 1. The lowest BCUT2D eigenvalue weighted by Gasteiger charge is -2.07. The topological polar surface area (TPSA) is 59.1 Å². The summed E-state index contributed by atoms with van der Waals surface area (Å²) in [4.78, 5) is 4.50. The Labute approximate surface area is 151 Å². The van der Waals surface area contributed by atoms with Crippen molar-refractivity contribution in [1.29, 1.82) is 0 Å². The van der Waals surface area contributed by atoms with Gasteiger partial charge in [0.2, 0.25) is 10.0 Å². The van der Waals surface area contributed by atoms with Crippen LogP contribution >= 0.6 is 11.6 Å². The molecule has 0 aliphatic carbocycles. The fourth-order valence-corrected chi connectivity index (χ4v) is 3.62. The first-order valence-electron chi connectivity index (χ1n) is 7.57. The number of fused-ring (bicyclic) bond motifs is 1. The molecule has 25 heavy (non-hydrogen) atoms. The predicted octanol–water partition coefficient (Wildman–Crippen LogP) is 3.53. The molecule has 126 valence electrons. The predicted molar refractivity (Wildman–Crippen MR) is 100.0 cm³/mol. The van der Waals surface area contributed by atoms with Gasteiger partial charge in [0.05, 0.1) is 17.1 Å². The number of nitrogens with one attached hydrogen (secondary N) is 1. The van der Waals surface area contributed by atoms with E-state index in [1.807, 2.05) is 37.3 Å². The molecule has 4 nitrogen and oxygen atoms in total. The van der Waals surface area contributed by atoms with Crippen LogP contribution < -0.4 is 4.72 Å². The van der Waals surface area contributed by atoms with Crippen molar-refractivity contribution in [2.75, 3.05) is 6.54 Å². The van der Waals surface area contributed by atoms with E-state index < -0.39 is 10.0 Å². The monoisotopic (exact) mass is 370 g/mol. The number of hydrogen-bond acceptors (Lipinski definition) is 3. The quantitative estimate of drug-likeness (QED) is 0.717. The van der Waals surface area contributed by atoms with Gasteiger partial charge in [0.1, 0.15) is 4.90 Å². The summed E-state index contributed by atoms with van der Waals surface area (Å²) in [5.74, 6) is 5.64. The van der Waals surface area contributed by atoms with Gasteiger partial charge in [0, 0.05) is 16.6 Å².